The van der Waals surface area contributed by atoms with Crippen LogP contribution >= 0.6 is 11.3 Å². The molecule has 0 saturated carbocycles. The van der Waals surface area contributed by atoms with E-state index in [2.05, 4.69) is 161 Å². The summed E-state index contributed by atoms with van der Waals surface area (Å²) < 4.78 is 17.6. The molecular formula is C61H33N5O2S. The quantitative estimate of drug-likeness (QED) is 0.175. The van der Waals surface area contributed by atoms with Crippen molar-refractivity contribution in [1.29, 1.82) is 0 Å². The van der Waals surface area contributed by atoms with Gasteiger partial charge in [0, 0.05) is 80.3 Å². The van der Waals surface area contributed by atoms with Gasteiger partial charge in [0.05, 0.1) is 28.1 Å². The third kappa shape index (κ3) is 5.23. The highest BCUT2D eigenvalue weighted by molar-refractivity contribution is 7.26. The van der Waals surface area contributed by atoms with E-state index in [1.807, 2.05) is 59.9 Å². The standard InChI is InChI=1S/C61H33N5O2S/c1-2-13-38(14-3-1)65-48-26-22-34-12-4-5-15-39(34)56(48)66-47-27-25-43-42-18-8-11-21-54(42)69-58(43)55(47)46-32-37(33-49(65)57(46)66)61-63-59(35-23-28-52-44(30-35)40-16-6-9-19-50(40)67-52)62-60(64-61)36-24-29-53-45(31-36)41-17-7-10-20-51(41)68-53/h1-33H. The molecule has 0 amide bonds. The van der Waals surface area contributed by atoms with Crippen LogP contribution in [0.15, 0.2) is 209 Å². The number of benzene rings is 10. The third-order valence-corrected chi connectivity index (χ3v) is 15.3. The number of thiophene rings is 1. The largest absolute Gasteiger partial charge is 0.456 e. The van der Waals surface area contributed by atoms with Gasteiger partial charge in [0.1, 0.15) is 22.3 Å². The smallest absolute Gasteiger partial charge is 0.164 e. The Hall–Kier alpha value is -9.11. The van der Waals surface area contributed by atoms with Gasteiger partial charge in [0.15, 0.2) is 17.5 Å². The Balaban J connectivity index is 1.03. The number of rotatable bonds is 4. The zero-order chi connectivity index (χ0) is 44.9. The normalized spacial score (nSPS) is 12.6. The molecule has 8 heteroatoms. The Bertz CT molecular complexity index is 4560. The Kier molecular flexibility index (Phi) is 7.37. The number of nitrogens with zero attached hydrogens (tertiary/aromatic N) is 5. The van der Waals surface area contributed by atoms with E-state index in [1.54, 1.807) is 0 Å². The van der Waals surface area contributed by atoms with Crippen molar-refractivity contribution in [3.8, 4) is 39.9 Å². The van der Waals surface area contributed by atoms with Crippen LogP contribution in [0.1, 0.15) is 0 Å². The first kappa shape index (κ1) is 37.0. The van der Waals surface area contributed by atoms with Gasteiger partial charge in [-0.3, -0.25) is 0 Å². The van der Waals surface area contributed by atoms with Gasteiger partial charge in [-0.05, 0) is 96.4 Å². The maximum Gasteiger partial charge on any atom is 0.164 e. The maximum atomic E-state index is 6.28. The molecule has 0 aliphatic carbocycles. The van der Waals surface area contributed by atoms with E-state index in [0.717, 1.165) is 99.7 Å². The number of furan rings is 2. The van der Waals surface area contributed by atoms with Crippen LogP contribution < -0.4 is 4.90 Å². The first-order valence-corrected chi connectivity index (χ1v) is 23.9. The van der Waals surface area contributed by atoms with Crippen molar-refractivity contribution in [1.82, 2.24) is 19.5 Å². The molecule has 15 aromatic rings. The predicted molar refractivity (Wildman–Crippen MR) is 284 cm³/mol. The summed E-state index contributed by atoms with van der Waals surface area (Å²) in [6.07, 6.45) is 0. The highest BCUT2D eigenvalue weighted by Crippen LogP contribution is 2.54. The van der Waals surface area contributed by atoms with Crippen LogP contribution in [0.25, 0.3) is 136 Å². The second-order valence-electron chi connectivity index (χ2n) is 17.9. The van der Waals surface area contributed by atoms with E-state index < -0.39 is 0 Å². The van der Waals surface area contributed by atoms with Gasteiger partial charge in [0.25, 0.3) is 0 Å². The van der Waals surface area contributed by atoms with Gasteiger partial charge in [-0.2, -0.15) is 0 Å². The number of hydrogen-bond acceptors (Lipinski definition) is 7. The van der Waals surface area contributed by atoms with Crippen LogP contribution in [0.3, 0.4) is 0 Å². The molecule has 320 valence electrons. The van der Waals surface area contributed by atoms with Crippen LogP contribution in [0.4, 0.5) is 17.1 Å². The molecule has 69 heavy (non-hydrogen) atoms. The van der Waals surface area contributed by atoms with Gasteiger partial charge < -0.3 is 18.3 Å². The third-order valence-electron chi connectivity index (χ3n) is 14.1. The second kappa shape index (κ2) is 13.7. The highest BCUT2D eigenvalue weighted by atomic mass is 32.1. The van der Waals surface area contributed by atoms with E-state index in [-0.39, 0.29) is 0 Å². The highest BCUT2D eigenvalue weighted by Gasteiger charge is 2.32. The molecular weight excluding hydrogens is 867 g/mol. The molecule has 1 aliphatic rings. The summed E-state index contributed by atoms with van der Waals surface area (Å²) in [6, 6.07) is 70.8. The van der Waals surface area contributed by atoms with Crippen LogP contribution in [0.2, 0.25) is 0 Å². The topological polar surface area (TPSA) is 73.1 Å². The molecule has 1 aliphatic heterocycles. The van der Waals surface area contributed by atoms with Crippen molar-refractivity contribution >= 4 is 125 Å². The lowest BCUT2D eigenvalue weighted by molar-refractivity contribution is 0.668. The average Bonchev–Trinajstić information content (AvgIpc) is 4.18. The molecule has 0 N–H and O–H groups in total. The van der Waals surface area contributed by atoms with Gasteiger partial charge in [0.2, 0.25) is 0 Å². The van der Waals surface area contributed by atoms with Gasteiger partial charge >= 0.3 is 0 Å². The lowest BCUT2D eigenvalue weighted by Crippen LogP contribution is -2.18. The predicted octanol–water partition coefficient (Wildman–Crippen LogP) is 17.1. The summed E-state index contributed by atoms with van der Waals surface area (Å²) in [4.78, 5) is 18.6. The fourth-order valence-corrected chi connectivity index (χ4v) is 12.3. The Morgan fingerprint density at radius 1 is 0.391 bits per heavy atom. The average molecular weight is 900 g/mol. The molecule has 0 radical (unpaired) electrons. The van der Waals surface area contributed by atoms with Crippen molar-refractivity contribution in [3.63, 3.8) is 0 Å². The molecule has 0 spiro atoms. The number of para-hydroxylation sites is 3. The zero-order valence-corrected chi connectivity index (χ0v) is 37.3. The molecule has 0 fully saturated rings. The van der Waals surface area contributed by atoms with Crippen LogP contribution in [-0.4, -0.2) is 19.5 Å². The number of fused-ring (bicyclic) bond motifs is 17. The summed E-state index contributed by atoms with van der Waals surface area (Å²) in [7, 11) is 0. The van der Waals surface area contributed by atoms with Gasteiger partial charge in [-0.15, -0.1) is 11.3 Å². The molecule has 7 nitrogen and oxygen atoms in total. The first-order chi connectivity index (χ1) is 34.2. The first-order valence-electron chi connectivity index (χ1n) is 23.1. The number of hydrogen-bond donors (Lipinski definition) is 0. The molecule has 0 bridgehead atoms. The van der Waals surface area contributed by atoms with Crippen molar-refractivity contribution in [2.24, 2.45) is 0 Å². The van der Waals surface area contributed by atoms with Gasteiger partial charge in [-0.1, -0.05) is 109 Å². The minimum absolute atomic E-state index is 0.569. The molecule has 5 aromatic heterocycles. The van der Waals surface area contributed by atoms with Crippen molar-refractivity contribution in [2.75, 3.05) is 4.90 Å². The fourth-order valence-electron chi connectivity index (χ4n) is 11.1. The van der Waals surface area contributed by atoms with Crippen LogP contribution in [0, 0.1) is 0 Å². The van der Waals surface area contributed by atoms with Crippen molar-refractivity contribution < 1.29 is 8.83 Å². The molecule has 6 heterocycles. The fraction of sp³-hybridized carbons (Fsp3) is 0. The van der Waals surface area contributed by atoms with E-state index >= 15 is 0 Å². The summed E-state index contributed by atoms with van der Waals surface area (Å²) in [5, 5.41) is 11.3. The van der Waals surface area contributed by atoms with Crippen molar-refractivity contribution in [2.45, 2.75) is 0 Å². The summed E-state index contributed by atoms with van der Waals surface area (Å²) in [5.41, 5.74) is 12.6. The Morgan fingerprint density at radius 3 is 1.68 bits per heavy atom. The van der Waals surface area contributed by atoms with Gasteiger partial charge in [-0.25, -0.2) is 15.0 Å². The zero-order valence-electron chi connectivity index (χ0n) is 36.5. The number of aromatic nitrogens is 4. The molecule has 16 rings (SSSR count). The minimum Gasteiger partial charge on any atom is -0.456 e. The lowest BCUT2D eigenvalue weighted by atomic mass is 10.0. The monoisotopic (exact) mass is 899 g/mol. The lowest BCUT2D eigenvalue weighted by Gasteiger charge is -2.34. The van der Waals surface area contributed by atoms with E-state index in [9.17, 15) is 0 Å². The van der Waals surface area contributed by atoms with Crippen molar-refractivity contribution in [3.05, 3.63) is 200 Å². The summed E-state index contributed by atoms with van der Waals surface area (Å²) in [5.74, 6) is 1.71. The summed E-state index contributed by atoms with van der Waals surface area (Å²) >= 11 is 1.86. The Morgan fingerprint density at radius 2 is 0.971 bits per heavy atom. The molecule has 0 unspecified atom stereocenters. The van der Waals surface area contributed by atoms with Crippen LogP contribution in [-0.2, 0) is 0 Å². The summed E-state index contributed by atoms with van der Waals surface area (Å²) in [6.45, 7) is 0. The second-order valence-corrected chi connectivity index (χ2v) is 19.0. The van der Waals surface area contributed by atoms with E-state index in [4.69, 9.17) is 23.8 Å². The molecule has 0 saturated heterocycles. The maximum absolute atomic E-state index is 6.28. The minimum atomic E-state index is 0.569. The SMILES string of the molecule is c1ccc(N2c3ccc4ccccc4c3-n3c4ccc5c6ccccc6sc5c4c4cc(-c5nc(-c6ccc7oc8ccccc8c7c6)nc(-c6ccc7oc8ccccc8c7c6)n5)cc2c43)cc1. The Labute approximate surface area is 396 Å². The van der Waals surface area contributed by atoms with Crippen LogP contribution in [0.5, 0.6) is 0 Å². The van der Waals surface area contributed by atoms with E-state index in [1.165, 1.54) is 36.3 Å². The number of anilines is 3. The molecule has 10 aromatic carbocycles. The van der Waals surface area contributed by atoms with E-state index in [0.29, 0.717) is 17.5 Å². The molecule has 0 atom stereocenters.